The van der Waals surface area contributed by atoms with Crippen LogP contribution < -0.4 is 5.73 Å². The summed E-state index contributed by atoms with van der Waals surface area (Å²) in [6.07, 6.45) is 12.3. The molecule has 4 aromatic carbocycles. The Hall–Kier alpha value is -6.22. The molecule has 48 heavy (non-hydrogen) atoms. The third-order valence-electron chi connectivity index (χ3n) is 10.2. The maximum atomic E-state index is 10.1. The summed E-state index contributed by atoms with van der Waals surface area (Å²) < 4.78 is 0. The molecule has 1 heterocycles. The van der Waals surface area contributed by atoms with Crippen molar-refractivity contribution in [1.29, 1.82) is 15.8 Å². The minimum atomic E-state index is 0.131. The number of hydrogen-bond donors (Lipinski definition) is 1. The van der Waals surface area contributed by atoms with Gasteiger partial charge in [0.15, 0.2) is 0 Å². The van der Waals surface area contributed by atoms with Crippen LogP contribution in [0.25, 0.3) is 27.8 Å². The van der Waals surface area contributed by atoms with Crippen molar-refractivity contribution in [3.8, 4) is 40.5 Å². The first kappa shape index (κ1) is 29.2. The zero-order valence-corrected chi connectivity index (χ0v) is 26.4. The van der Waals surface area contributed by atoms with Crippen LogP contribution in [0.3, 0.4) is 0 Å². The van der Waals surface area contributed by atoms with Crippen LogP contribution in [0.1, 0.15) is 68.8 Å². The summed E-state index contributed by atoms with van der Waals surface area (Å²) in [5, 5.41) is 29.3. The minimum Gasteiger partial charge on any atom is -0.397 e. The summed E-state index contributed by atoms with van der Waals surface area (Å²) in [6.45, 7) is 0. The Morgan fingerprint density at radius 3 is 2.31 bits per heavy atom. The van der Waals surface area contributed by atoms with Gasteiger partial charge in [0, 0.05) is 17.7 Å². The van der Waals surface area contributed by atoms with Crippen LogP contribution in [0, 0.1) is 39.9 Å². The van der Waals surface area contributed by atoms with Gasteiger partial charge < -0.3 is 5.73 Å². The SMILES string of the molecule is N#Cc1ccc2c(c1)C1=C(CCC=C1)C(Cc1cc(CC3c4ccccc4-c4cc(C#N)ccc43)cc(-c3c(N)cncc3C#N)c1)C2. The summed E-state index contributed by atoms with van der Waals surface area (Å²) in [6, 6.07) is 34.3. The average Bonchev–Trinajstić information content (AvgIpc) is 3.43. The van der Waals surface area contributed by atoms with Crippen molar-refractivity contribution in [2.75, 3.05) is 5.73 Å². The molecule has 2 atom stereocenters. The summed E-state index contributed by atoms with van der Waals surface area (Å²) in [5.74, 6) is 0.446. The highest BCUT2D eigenvalue weighted by Gasteiger charge is 2.31. The summed E-state index contributed by atoms with van der Waals surface area (Å²) in [7, 11) is 0. The smallest absolute Gasteiger partial charge is 0.101 e. The third-order valence-corrected chi connectivity index (χ3v) is 10.2. The first-order chi connectivity index (χ1) is 23.5. The summed E-state index contributed by atoms with van der Waals surface area (Å²) in [4.78, 5) is 4.20. The molecule has 8 rings (SSSR count). The lowest BCUT2D eigenvalue weighted by Crippen LogP contribution is -2.20. The van der Waals surface area contributed by atoms with Gasteiger partial charge in [-0.3, -0.25) is 4.98 Å². The van der Waals surface area contributed by atoms with Crippen molar-refractivity contribution >= 4 is 11.3 Å². The number of nitrogens with zero attached hydrogens (tertiary/aromatic N) is 4. The molecular formula is C43H31N5. The van der Waals surface area contributed by atoms with Gasteiger partial charge in [-0.05, 0) is 118 Å². The van der Waals surface area contributed by atoms with Crippen molar-refractivity contribution in [3.63, 3.8) is 0 Å². The molecule has 0 bridgehead atoms. The van der Waals surface area contributed by atoms with E-state index in [1.54, 1.807) is 12.4 Å². The van der Waals surface area contributed by atoms with Crippen LogP contribution in [0.2, 0.25) is 0 Å². The fourth-order valence-corrected chi connectivity index (χ4v) is 8.17. The molecule has 0 fully saturated rings. The van der Waals surface area contributed by atoms with E-state index in [2.05, 4.69) is 89.9 Å². The average molecular weight is 618 g/mol. The van der Waals surface area contributed by atoms with Crippen LogP contribution in [0.4, 0.5) is 5.69 Å². The standard InChI is InChI=1S/C43H31N5/c44-21-26-9-11-30-20-31(34-5-1-2-6-35(34)39(30)17-26)14-28-13-29(16-32(15-28)43-33(23-46)24-48-25-42(43)47)19-41-37-8-4-3-7-36(37)40-18-27(22-45)10-12-38(40)41/h2-4,6-13,15-18,24-25,31,41H,1,5,14,19-20,47H2. The molecule has 5 heteroatoms. The fraction of sp³-hybridized carbons (Fsp3) is 0.163. The quantitative estimate of drug-likeness (QED) is 0.212. The second-order valence-electron chi connectivity index (χ2n) is 13.0. The fourth-order valence-electron chi connectivity index (χ4n) is 8.17. The van der Waals surface area contributed by atoms with E-state index in [-0.39, 0.29) is 5.92 Å². The Labute approximate surface area is 280 Å². The molecule has 0 saturated carbocycles. The summed E-state index contributed by atoms with van der Waals surface area (Å²) >= 11 is 0. The predicted molar refractivity (Wildman–Crippen MR) is 188 cm³/mol. The van der Waals surface area contributed by atoms with E-state index in [0.717, 1.165) is 48.8 Å². The van der Waals surface area contributed by atoms with E-state index in [1.807, 2.05) is 24.3 Å². The lowest BCUT2D eigenvalue weighted by Gasteiger charge is -2.32. The lowest BCUT2D eigenvalue weighted by atomic mass is 9.72. The van der Waals surface area contributed by atoms with Gasteiger partial charge in [-0.25, -0.2) is 0 Å². The molecule has 0 amide bonds. The second-order valence-corrected chi connectivity index (χ2v) is 13.0. The molecule has 228 valence electrons. The Morgan fingerprint density at radius 1 is 0.750 bits per heavy atom. The first-order valence-electron chi connectivity index (χ1n) is 16.4. The van der Waals surface area contributed by atoms with Crippen molar-refractivity contribution in [1.82, 2.24) is 4.98 Å². The normalized spacial score (nSPS) is 16.9. The predicted octanol–water partition coefficient (Wildman–Crippen LogP) is 8.82. The Kier molecular flexibility index (Phi) is 7.21. The molecule has 5 nitrogen and oxygen atoms in total. The number of rotatable bonds is 5. The number of nitriles is 3. The van der Waals surface area contributed by atoms with Crippen LogP contribution in [-0.4, -0.2) is 4.98 Å². The van der Waals surface area contributed by atoms with E-state index in [9.17, 15) is 15.8 Å². The highest BCUT2D eigenvalue weighted by molar-refractivity contribution is 5.84. The molecule has 0 radical (unpaired) electrons. The number of nitrogens with two attached hydrogens (primary N) is 1. The summed E-state index contributed by atoms with van der Waals surface area (Å²) in [5.41, 5.74) is 22.8. The Morgan fingerprint density at radius 2 is 1.50 bits per heavy atom. The van der Waals surface area contributed by atoms with Gasteiger partial charge in [0.2, 0.25) is 0 Å². The molecule has 0 saturated heterocycles. The molecule has 2 N–H and O–H groups in total. The maximum absolute atomic E-state index is 10.1. The van der Waals surface area contributed by atoms with Gasteiger partial charge in [-0.2, -0.15) is 15.8 Å². The molecule has 0 aliphatic heterocycles. The molecule has 2 unspecified atom stereocenters. The number of fused-ring (bicyclic) bond motifs is 5. The zero-order chi connectivity index (χ0) is 32.8. The number of pyridine rings is 1. The maximum Gasteiger partial charge on any atom is 0.101 e. The first-order valence-corrected chi connectivity index (χ1v) is 16.4. The molecule has 3 aliphatic carbocycles. The molecule has 5 aromatic rings. The van der Waals surface area contributed by atoms with Gasteiger partial charge >= 0.3 is 0 Å². The van der Waals surface area contributed by atoms with E-state index in [1.165, 1.54) is 50.1 Å². The Balaban J connectivity index is 1.24. The number of hydrogen-bond acceptors (Lipinski definition) is 5. The van der Waals surface area contributed by atoms with E-state index < -0.39 is 0 Å². The zero-order valence-electron chi connectivity index (χ0n) is 26.4. The van der Waals surface area contributed by atoms with Crippen LogP contribution >= 0.6 is 0 Å². The highest BCUT2D eigenvalue weighted by Crippen LogP contribution is 2.47. The third kappa shape index (κ3) is 4.96. The van der Waals surface area contributed by atoms with Crippen LogP contribution in [0.15, 0.2) is 109 Å². The van der Waals surface area contributed by atoms with Gasteiger partial charge in [-0.1, -0.05) is 72.3 Å². The highest BCUT2D eigenvalue weighted by atomic mass is 14.7. The van der Waals surface area contributed by atoms with Crippen molar-refractivity contribution < 1.29 is 0 Å². The number of aromatic nitrogens is 1. The molecule has 0 spiro atoms. The van der Waals surface area contributed by atoms with Gasteiger partial charge in [0.25, 0.3) is 0 Å². The van der Waals surface area contributed by atoms with E-state index in [0.29, 0.717) is 28.3 Å². The number of allylic oxidation sites excluding steroid dienone is 4. The van der Waals surface area contributed by atoms with Gasteiger partial charge in [0.05, 0.1) is 40.7 Å². The number of benzene rings is 4. The second kappa shape index (κ2) is 11.9. The topological polar surface area (TPSA) is 110 Å². The van der Waals surface area contributed by atoms with Crippen molar-refractivity contribution in [2.24, 2.45) is 5.92 Å². The monoisotopic (exact) mass is 617 g/mol. The number of nitrogen functional groups attached to an aromatic ring is 1. The van der Waals surface area contributed by atoms with Gasteiger partial charge in [0.1, 0.15) is 6.07 Å². The van der Waals surface area contributed by atoms with E-state index >= 15 is 0 Å². The number of anilines is 1. The molecule has 1 aromatic heterocycles. The molecular weight excluding hydrogens is 587 g/mol. The van der Waals surface area contributed by atoms with Gasteiger partial charge in [-0.15, -0.1) is 0 Å². The minimum absolute atomic E-state index is 0.131. The largest absolute Gasteiger partial charge is 0.397 e. The van der Waals surface area contributed by atoms with Crippen LogP contribution in [0.5, 0.6) is 0 Å². The molecule has 3 aliphatic rings. The van der Waals surface area contributed by atoms with Crippen molar-refractivity contribution in [3.05, 3.63) is 159 Å². The van der Waals surface area contributed by atoms with Crippen LogP contribution in [-0.2, 0) is 19.3 Å². The Bertz CT molecular complexity index is 2340. The van der Waals surface area contributed by atoms with Crippen molar-refractivity contribution in [2.45, 2.75) is 38.0 Å². The lowest BCUT2D eigenvalue weighted by molar-refractivity contribution is 0.572. The van der Waals surface area contributed by atoms with E-state index in [4.69, 9.17) is 5.73 Å².